The monoisotopic (exact) mass is 231 g/mol. The maximum Gasteiger partial charge on any atom is 0.192 e. The number of aromatic nitrogens is 1. The molecular weight excluding hydrogens is 214 g/mol. The van der Waals surface area contributed by atoms with Gasteiger partial charge in [0.25, 0.3) is 0 Å². The van der Waals surface area contributed by atoms with E-state index in [1.807, 2.05) is 13.0 Å². The first kappa shape index (κ1) is 10.7. The zero-order chi connectivity index (χ0) is 11.7. The van der Waals surface area contributed by atoms with E-state index in [1.54, 1.807) is 0 Å². The van der Waals surface area contributed by atoms with Crippen molar-refractivity contribution in [3.63, 3.8) is 0 Å². The first-order valence-electron chi connectivity index (χ1n) is 6.09. The number of fused-ring (bicyclic) bond motifs is 1. The summed E-state index contributed by atoms with van der Waals surface area (Å²) in [6.45, 7) is 6.16. The van der Waals surface area contributed by atoms with E-state index in [9.17, 15) is 0 Å². The summed E-state index contributed by atoms with van der Waals surface area (Å²) in [5.41, 5.74) is 3.08. The highest BCUT2D eigenvalue weighted by Crippen LogP contribution is 2.16. The molecule has 2 N–H and O–H groups in total. The third-order valence-corrected chi connectivity index (χ3v) is 3.19. The van der Waals surface area contributed by atoms with Crippen molar-refractivity contribution in [3.8, 4) is 0 Å². The van der Waals surface area contributed by atoms with Gasteiger partial charge in [0.1, 0.15) is 5.52 Å². The third-order valence-electron chi connectivity index (χ3n) is 3.19. The fourth-order valence-electron chi connectivity index (χ4n) is 2.11. The predicted molar refractivity (Wildman–Crippen MR) is 66.8 cm³/mol. The first-order chi connectivity index (χ1) is 8.31. The number of nitrogens with zero attached hydrogens (tertiary/aromatic N) is 1. The predicted octanol–water partition coefficient (Wildman–Crippen LogP) is 1.45. The van der Waals surface area contributed by atoms with Crippen LogP contribution in [0.15, 0.2) is 22.6 Å². The van der Waals surface area contributed by atoms with Crippen molar-refractivity contribution < 1.29 is 4.42 Å². The minimum atomic E-state index is 0.727. The Kier molecular flexibility index (Phi) is 2.82. The lowest BCUT2D eigenvalue weighted by atomic mass is 10.0. The second-order valence-electron chi connectivity index (χ2n) is 4.69. The second kappa shape index (κ2) is 4.47. The van der Waals surface area contributed by atoms with Gasteiger partial charge in [0, 0.05) is 33.1 Å². The largest absolute Gasteiger partial charge is 0.441 e. The Bertz CT molecular complexity index is 516. The number of hydrogen-bond acceptors (Lipinski definition) is 4. The molecule has 1 aromatic carbocycles. The maximum atomic E-state index is 5.45. The molecule has 1 saturated heterocycles. The second-order valence-corrected chi connectivity index (χ2v) is 4.69. The Morgan fingerprint density at radius 3 is 3.12 bits per heavy atom. The molecule has 90 valence electrons. The normalized spacial score (nSPS) is 16.3. The SMILES string of the molecule is Cc1nc2cc(CNCC3CNC3)ccc2o1. The van der Waals surface area contributed by atoms with E-state index >= 15 is 0 Å². The van der Waals surface area contributed by atoms with Gasteiger partial charge in [0.05, 0.1) is 0 Å². The molecule has 2 heterocycles. The summed E-state index contributed by atoms with van der Waals surface area (Å²) < 4.78 is 5.45. The van der Waals surface area contributed by atoms with Gasteiger partial charge in [-0.1, -0.05) is 6.07 Å². The molecular formula is C13H17N3O. The van der Waals surface area contributed by atoms with E-state index in [-0.39, 0.29) is 0 Å². The van der Waals surface area contributed by atoms with Crippen LogP contribution in [0.2, 0.25) is 0 Å². The molecule has 3 rings (SSSR count). The van der Waals surface area contributed by atoms with Crippen LogP contribution in [-0.4, -0.2) is 24.6 Å². The summed E-state index contributed by atoms with van der Waals surface area (Å²) in [7, 11) is 0. The van der Waals surface area contributed by atoms with Crippen molar-refractivity contribution in [1.29, 1.82) is 0 Å². The molecule has 2 aromatic rings. The number of rotatable bonds is 4. The standard InChI is InChI=1S/C13H17N3O/c1-9-16-12-4-10(2-3-13(12)17-9)5-14-6-11-7-15-8-11/h2-4,11,14-15H,5-8H2,1H3. The summed E-state index contributed by atoms with van der Waals surface area (Å²) in [4.78, 5) is 4.34. The van der Waals surface area contributed by atoms with Crippen LogP contribution >= 0.6 is 0 Å². The molecule has 1 aliphatic heterocycles. The minimum absolute atomic E-state index is 0.727. The molecule has 0 saturated carbocycles. The molecule has 0 atom stereocenters. The molecule has 0 unspecified atom stereocenters. The number of aryl methyl sites for hydroxylation is 1. The van der Waals surface area contributed by atoms with Gasteiger partial charge in [-0.2, -0.15) is 0 Å². The Labute approximate surface area is 100 Å². The van der Waals surface area contributed by atoms with Gasteiger partial charge in [0.15, 0.2) is 11.5 Å². The van der Waals surface area contributed by atoms with Crippen LogP contribution in [-0.2, 0) is 6.54 Å². The summed E-state index contributed by atoms with van der Waals surface area (Å²) >= 11 is 0. The van der Waals surface area contributed by atoms with Crippen molar-refractivity contribution >= 4 is 11.1 Å². The number of hydrogen-bond donors (Lipinski definition) is 2. The van der Waals surface area contributed by atoms with Gasteiger partial charge in [-0.25, -0.2) is 4.98 Å². The zero-order valence-electron chi connectivity index (χ0n) is 9.99. The van der Waals surface area contributed by atoms with E-state index in [0.29, 0.717) is 0 Å². The van der Waals surface area contributed by atoms with Gasteiger partial charge in [0.2, 0.25) is 0 Å². The summed E-state index contributed by atoms with van der Waals surface area (Å²) in [5, 5.41) is 6.75. The Balaban J connectivity index is 1.63. The lowest BCUT2D eigenvalue weighted by Gasteiger charge is -2.27. The van der Waals surface area contributed by atoms with Crippen LogP contribution in [0.4, 0.5) is 0 Å². The van der Waals surface area contributed by atoms with Crippen LogP contribution in [0.5, 0.6) is 0 Å². The van der Waals surface area contributed by atoms with Crippen LogP contribution in [0.25, 0.3) is 11.1 Å². The fraction of sp³-hybridized carbons (Fsp3) is 0.462. The quantitative estimate of drug-likeness (QED) is 0.836. The van der Waals surface area contributed by atoms with E-state index in [4.69, 9.17) is 4.42 Å². The van der Waals surface area contributed by atoms with Crippen molar-refractivity contribution in [3.05, 3.63) is 29.7 Å². The van der Waals surface area contributed by atoms with Crippen molar-refractivity contribution in [2.24, 2.45) is 5.92 Å². The average molecular weight is 231 g/mol. The highest BCUT2D eigenvalue weighted by atomic mass is 16.3. The Hall–Kier alpha value is -1.39. The smallest absolute Gasteiger partial charge is 0.192 e. The molecule has 0 spiro atoms. The molecule has 0 amide bonds. The van der Waals surface area contributed by atoms with Crippen molar-refractivity contribution in [2.45, 2.75) is 13.5 Å². The van der Waals surface area contributed by atoms with E-state index in [0.717, 1.165) is 49.1 Å². The van der Waals surface area contributed by atoms with Gasteiger partial charge in [-0.05, 0) is 23.6 Å². The fourth-order valence-corrected chi connectivity index (χ4v) is 2.11. The van der Waals surface area contributed by atoms with E-state index in [2.05, 4.69) is 27.8 Å². The van der Waals surface area contributed by atoms with Gasteiger partial charge >= 0.3 is 0 Å². The minimum Gasteiger partial charge on any atom is -0.441 e. The summed E-state index contributed by atoms with van der Waals surface area (Å²) in [6, 6.07) is 6.19. The molecule has 4 nitrogen and oxygen atoms in total. The Morgan fingerprint density at radius 2 is 2.35 bits per heavy atom. The van der Waals surface area contributed by atoms with E-state index < -0.39 is 0 Å². The lowest BCUT2D eigenvalue weighted by Crippen LogP contribution is -2.47. The van der Waals surface area contributed by atoms with Crippen molar-refractivity contribution in [1.82, 2.24) is 15.6 Å². The van der Waals surface area contributed by atoms with Crippen molar-refractivity contribution in [2.75, 3.05) is 19.6 Å². The molecule has 0 bridgehead atoms. The first-order valence-corrected chi connectivity index (χ1v) is 6.09. The maximum absolute atomic E-state index is 5.45. The molecule has 1 aliphatic rings. The molecule has 17 heavy (non-hydrogen) atoms. The highest BCUT2D eigenvalue weighted by molar-refractivity contribution is 5.73. The number of benzene rings is 1. The van der Waals surface area contributed by atoms with Gasteiger partial charge < -0.3 is 15.1 Å². The van der Waals surface area contributed by atoms with Gasteiger partial charge in [-0.3, -0.25) is 0 Å². The van der Waals surface area contributed by atoms with E-state index in [1.165, 1.54) is 5.56 Å². The average Bonchev–Trinajstić information content (AvgIpc) is 2.61. The summed E-state index contributed by atoms with van der Waals surface area (Å²) in [6.07, 6.45) is 0. The number of nitrogens with one attached hydrogen (secondary N) is 2. The molecule has 0 radical (unpaired) electrons. The third kappa shape index (κ3) is 2.33. The van der Waals surface area contributed by atoms with Crippen LogP contribution in [0.3, 0.4) is 0 Å². The molecule has 4 heteroatoms. The molecule has 1 aromatic heterocycles. The van der Waals surface area contributed by atoms with Crippen LogP contribution in [0, 0.1) is 12.8 Å². The molecule has 0 aliphatic carbocycles. The van der Waals surface area contributed by atoms with Crippen LogP contribution in [0.1, 0.15) is 11.5 Å². The lowest BCUT2D eigenvalue weighted by molar-refractivity contribution is 0.331. The summed E-state index contributed by atoms with van der Waals surface area (Å²) in [5.74, 6) is 1.53. The highest BCUT2D eigenvalue weighted by Gasteiger charge is 2.15. The number of oxazole rings is 1. The topological polar surface area (TPSA) is 50.1 Å². The van der Waals surface area contributed by atoms with Crippen LogP contribution < -0.4 is 10.6 Å². The zero-order valence-corrected chi connectivity index (χ0v) is 9.99. The Morgan fingerprint density at radius 1 is 1.47 bits per heavy atom. The molecule has 1 fully saturated rings. The van der Waals surface area contributed by atoms with Gasteiger partial charge in [-0.15, -0.1) is 0 Å².